The summed E-state index contributed by atoms with van der Waals surface area (Å²) in [5, 5.41) is 0. The van der Waals surface area contributed by atoms with Gasteiger partial charge in [0.2, 0.25) is 0 Å². The van der Waals surface area contributed by atoms with Gasteiger partial charge in [-0.25, -0.2) is 0 Å². The van der Waals surface area contributed by atoms with E-state index in [0.717, 1.165) is 0 Å². The van der Waals surface area contributed by atoms with Crippen molar-refractivity contribution in [1.29, 1.82) is 0 Å². The number of benzene rings is 2. The molecule has 0 heterocycles. The van der Waals surface area contributed by atoms with Crippen molar-refractivity contribution >= 4 is 17.0 Å². The third kappa shape index (κ3) is 4.33. The molecule has 146 valence electrons. The van der Waals surface area contributed by atoms with E-state index in [-0.39, 0.29) is 5.41 Å². The van der Waals surface area contributed by atoms with Gasteiger partial charge in [-0.15, -0.1) is 0 Å². The number of allylic oxidation sites excluding steroid dienone is 4. The van der Waals surface area contributed by atoms with Crippen molar-refractivity contribution in [3.63, 3.8) is 0 Å². The fourth-order valence-corrected chi connectivity index (χ4v) is 4.44. The quantitative estimate of drug-likeness (QED) is 0.418. The topological polar surface area (TPSA) is 0 Å². The van der Waals surface area contributed by atoms with Crippen molar-refractivity contribution in [1.82, 2.24) is 0 Å². The minimum absolute atomic E-state index is 0.338. The van der Waals surface area contributed by atoms with Gasteiger partial charge >= 0.3 is 37.9 Å². The maximum absolute atomic E-state index is 4.93. The fraction of sp³-hybridized carbons (Fsp3) is 0.0370. The van der Waals surface area contributed by atoms with Crippen LogP contribution in [0.2, 0.25) is 0 Å². The summed E-state index contributed by atoms with van der Waals surface area (Å²) in [6, 6.07) is 21.7. The molecule has 2 saturated carbocycles. The third-order valence-electron chi connectivity index (χ3n) is 5.59. The Labute approximate surface area is 200 Å². The molecule has 0 spiro atoms. The van der Waals surface area contributed by atoms with Crippen molar-refractivity contribution in [2.24, 2.45) is 0 Å². The molecule has 0 amide bonds. The molecular formula is C27H20Cl2Zr. The molecule has 5 rings (SSSR count). The van der Waals surface area contributed by atoms with E-state index in [2.05, 4.69) is 123 Å². The normalized spacial score (nSPS) is 20.1. The first-order valence-corrected chi connectivity index (χ1v) is 16.1. The molecule has 0 bridgehead atoms. The summed E-state index contributed by atoms with van der Waals surface area (Å²) >= 11 is -0.826. The van der Waals surface area contributed by atoms with Crippen molar-refractivity contribution in [3.05, 3.63) is 158 Å². The van der Waals surface area contributed by atoms with Gasteiger partial charge in [0.15, 0.2) is 0 Å². The number of fused-ring (bicyclic) bond motifs is 1. The number of hydrogen-bond donors (Lipinski definition) is 0. The molecule has 0 N–H and O–H groups in total. The van der Waals surface area contributed by atoms with Gasteiger partial charge < -0.3 is 0 Å². The summed E-state index contributed by atoms with van der Waals surface area (Å²) in [7, 11) is 9.87. The van der Waals surface area contributed by atoms with Crippen LogP contribution in [0.1, 0.15) is 11.1 Å². The molecule has 30 heavy (non-hydrogen) atoms. The van der Waals surface area contributed by atoms with Crippen LogP contribution in [0.15, 0.2) is 85.0 Å². The van der Waals surface area contributed by atoms with Gasteiger partial charge in [0.25, 0.3) is 0 Å². The standard InChI is InChI=1S/C27H20.2ClH.Zr/c1-3-12-22(13-4-1)27(24-16-8-9-17-24,23-14-5-2-6-15-23)26-20-19-21-11-7-10-18-25(21)26;;;/h1-20H;2*1H;/q;;;+2/p-2. The summed E-state index contributed by atoms with van der Waals surface area (Å²) in [6.07, 6.45) is 22.0. The van der Waals surface area contributed by atoms with Crippen LogP contribution >= 0.6 is 17.0 Å². The molecule has 3 aliphatic carbocycles. The second-order valence-corrected chi connectivity index (χ2v) is 10.8. The molecular weight excluding hydrogens is 486 g/mol. The SMILES string of the molecule is [CH]1[CH][CH][C](C([C]2[CH][CH][C]3C=CC=C[C]32)(c2ccccc2)c2ccccc2)[CH]1.[Cl][Zr][Cl]. The molecule has 0 atom stereocenters. The summed E-state index contributed by atoms with van der Waals surface area (Å²) in [5.41, 5.74) is 2.24. The zero-order chi connectivity index (χ0) is 20.8. The van der Waals surface area contributed by atoms with Crippen molar-refractivity contribution < 1.29 is 20.8 Å². The van der Waals surface area contributed by atoms with Crippen LogP contribution in [0.3, 0.4) is 0 Å². The van der Waals surface area contributed by atoms with Gasteiger partial charge in [-0.3, -0.25) is 0 Å². The van der Waals surface area contributed by atoms with Crippen molar-refractivity contribution in [2.75, 3.05) is 0 Å². The Hall–Kier alpha value is -0.617. The molecule has 3 aliphatic rings. The molecule has 2 fully saturated rings. The van der Waals surface area contributed by atoms with Crippen LogP contribution in [0.5, 0.6) is 0 Å². The van der Waals surface area contributed by atoms with Gasteiger partial charge in [-0.2, -0.15) is 0 Å². The van der Waals surface area contributed by atoms with Crippen LogP contribution < -0.4 is 0 Å². The second-order valence-electron chi connectivity index (χ2n) is 7.06. The summed E-state index contributed by atoms with van der Waals surface area (Å²) in [5.74, 6) is 5.24. The zero-order valence-electron chi connectivity index (χ0n) is 16.3. The van der Waals surface area contributed by atoms with E-state index < -0.39 is 20.8 Å². The van der Waals surface area contributed by atoms with Gasteiger partial charge in [0, 0.05) is 23.2 Å². The van der Waals surface area contributed by atoms with E-state index in [1.807, 2.05) is 0 Å². The van der Waals surface area contributed by atoms with Crippen LogP contribution in [0.25, 0.3) is 0 Å². The predicted molar refractivity (Wildman–Crippen MR) is 122 cm³/mol. The monoisotopic (exact) mass is 504 g/mol. The summed E-state index contributed by atoms with van der Waals surface area (Å²) in [6.45, 7) is 0. The van der Waals surface area contributed by atoms with E-state index in [0.29, 0.717) is 0 Å². The molecule has 0 unspecified atom stereocenters. The first kappa shape index (κ1) is 22.6. The molecule has 3 heteroatoms. The Morgan fingerprint density at radius 2 is 1.17 bits per heavy atom. The number of halogens is 2. The van der Waals surface area contributed by atoms with Gasteiger partial charge in [-0.1, -0.05) is 85.0 Å². The molecule has 0 nitrogen and oxygen atoms in total. The van der Waals surface area contributed by atoms with Gasteiger partial charge in [0.1, 0.15) is 0 Å². The molecule has 2 aromatic carbocycles. The van der Waals surface area contributed by atoms with Crippen LogP contribution in [0.4, 0.5) is 0 Å². The van der Waals surface area contributed by atoms with Crippen molar-refractivity contribution in [3.8, 4) is 0 Å². The number of rotatable bonds is 4. The summed E-state index contributed by atoms with van der Waals surface area (Å²) < 4.78 is 0. The fourth-order valence-electron chi connectivity index (χ4n) is 4.44. The van der Waals surface area contributed by atoms with Crippen LogP contribution in [-0.2, 0) is 26.3 Å². The van der Waals surface area contributed by atoms with E-state index >= 15 is 0 Å². The summed E-state index contributed by atoms with van der Waals surface area (Å²) in [4.78, 5) is 0. The molecule has 10 radical (unpaired) electrons. The van der Waals surface area contributed by atoms with Crippen LogP contribution in [0, 0.1) is 62.2 Å². The zero-order valence-corrected chi connectivity index (χ0v) is 20.3. The van der Waals surface area contributed by atoms with Gasteiger partial charge in [-0.05, 0) is 55.6 Å². The maximum atomic E-state index is 4.93. The van der Waals surface area contributed by atoms with Crippen LogP contribution in [-0.4, -0.2) is 0 Å². The first-order valence-electron chi connectivity index (χ1n) is 9.76. The third-order valence-corrected chi connectivity index (χ3v) is 5.59. The Morgan fingerprint density at radius 1 is 0.633 bits per heavy atom. The van der Waals surface area contributed by atoms with Crippen molar-refractivity contribution in [2.45, 2.75) is 5.41 Å². The van der Waals surface area contributed by atoms with E-state index in [1.165, 1.54) is 34.8 Å². The molecule has 0 saturated heterocycles. The Bertz CT molecular complexity index is 800. The Kier molecular flexibility index (Phi) is 8.13. The molecule has 0 aliphatic heterocycles. The number of hydrogen-bond acceptors (Lipinski definition) is 0. The van der Waals surface area contributed by atoms with Gasteiger partial charge in [0.05, 0.1) is 0 Å². The minimum atomic E-state index is -0.826. The predicted octanol–water partition coefficient (Wildman–Crippen LogP) is 7.03. The Balaban J connectivity index is 0.000000687. The average Bonchev–Trinajstić information content (AvgIpc) is 3.48. The van der Waals surface area contributed by atoms with E-state index in [4.69, 9.17) is 17.0 Å². The van der Waals surface area contributed by atoms with E-state index in [9.17, 15) is 0 Å². The second kappa shape index (κ2) is 10.8. The Morgan fingerprint density at radius 3 is 1.73 bits per heavy atom. The molecule has 0 aromatic heterocycles. The first-order chi connectivity index (χ1) is 14.8. The molecule has 2 aromatic rings. The average molecular weight is 507 g/mol. The van der Waals surface area contributed by atoms with E-state index in [1.54, 1.807) is 0 Å².